The first-order chi connectivity index (χ1) is 11.1. The van der Waals surface area contributed by atoms with E-state index in [1.165, 1.54) is 21.0 Å². The zero-order chi connectivity index (χ0) is 18.9. The maximum Gasteiger partial charge on any atom is 0.331 e. The van der Waals surface area contributed by atoms with Gasteiger partial charge >= 0.3 is 12.7 Å². The van der Waals surface area contributed by atoms with Crippen LogP contribution in [0.4, 0.5) is 4.79 Å². The summed E-state index contributed by atoms with van der Waals surface area (Å²) in [4.78, 5) is 35.7. The summed E-state index contributed by atoms with van der Waals surface area (Å²) in [7, 11) is 2.74. The Balaban J connectivity index is 4.93. The van der Waals surface area contributed by atoms with Gasteiger partial charge in [-0.05, 0) is 6.42 Å². The summed E-state index contributed by atoms with van der Waals surface area (Å²) < 4.78 is 15.3. The summed E-state index contributed by atoms with van der Waals surface area (Å²) in [6.45, 7) is 3.53. The van der Waals surface area contributed by atoms with Crippen LogP contribution in [-0.2, 0) is 14.2 Å². The van der Waals surface area contributed by atoms with Crippen molar-refractivity contribution in [2.75, 3.05) is 14.1 Å². The van der Waals surface area contributed by atoms with Crippen LogP contribution in [0.1, 0.15) is 59.8 Å². The van der Waals surface area contributed by atoms with Gasteiger partial charge in [0.1, 0.15) is 0 Å². The minimum absolute atomic E-state index is 0.0578. The molecular formula is C15H30N3O4PS. The first kappa shape index (κ1) is 23.0. The fraction of sp³-hybridized carbons (Fsp3) is 0.800. The number of carbonyl (C=O) groups excluding carboxylic acids is 3. The van der Waals surface area contributed by atoms with Crippen LogP contribution in [0, 0.1) is 0 Å². The summed E-state index contributed by atoms with van der Waals surface area (Å²) in [6.07, 6.45) is 4.01. The molecule has 0 fully saturated rings. The molecule has 7 nitrogen and oxygen atoms in total. The van der Waals surface area contributed by atoms with Crippen molar-refractivity contribution < 1.29 is 18.9 Å². The van der Waals surface area contributed by atoms with Gasteiger partial charge < -0.3 is 0 Å². The highest BCUT2D eigenvalue weighted by Crippen LogP contribution is 2.64. The summed E-state index contributed by atoms with van der Waals surface area (Å²) in [5, 5.41) is 2.20. The molecule has 0 rings (SSSR count). The molecule has 0 bridgehead atoms. The maximum absolute atomic E-state index is 13.2. The van der Waals surface area contributed by atoms with Gasteiger partial charge in [-0.1, -0.05) is 51.4 Å². The second-order valence-electron chi connectivity index (χ2n) is 5.87. The highest BCUT2D eigenvalue weighted by molar-refractivity contribution is 8.57. The maximum atomic E-state index is 13.2. The third kappa shape index (κ3) is 7.26. The van der Waals surface area contributed by atoms with Gasteiger partial charge in [-0.3, -0.25) is 28.8 Å². The van der Waals surface area contributed by atoms with Crippen LogP contribution in [-0.4, -0.2) is 46.5 Å². The zero-order valence-electron chi connectivity index (χ0n) is 15.5. The molecule has 0 aliphatic rings. The second-order valence-corrected chi connectivity index (χ2v) is 11.3. The van der Waals surface area contributed by atoms with Gasteiger partial charge in [-0.25, -0.2) is 4.79 Å². The molecule has 1 N–H and O–H groups in total. The molecule has 0 aromatic carbocycles. The molecule has 0 radical (unpaired) electrons. The predicted octanol–water partition coefficient (Wildman–Crippen LogP) is 3.85. The van der Waals surface area contributed by atoms with Crippen LogP contribution in [0.2, 0.25) is 0 Å². The number of hydrogen-bond acceptors (Lipinski definition) is 5. The van der Waals surface area contributed by atoms with E-state index in [2.05, 4.69) is 12.2 Å². The zero-order valence-corrected chi connectivity index (χ0v) is 17.2. The third-order valence-corrected chi connectivity index (χ3v) is 9.59. The Labute approximate surface area is 149 Å². The number of nitrogens with zero attached hydrogens (tertiary/aromatic N) is 2. The molecule has 0 aliphatic heterocycles. The molecule has 0 spiro atoms. The minimum Gasteiger partial charge on any atom is -0.278 e. The summed E-state index contributed by atoms with van der Waals surface area (Å²) in [6, 6.07) is -0.750. The molecular weight excluding hydrogens is 349 g/mol. The standard InChI is InChI=1S/C15H30N3O4PS/c1-7-8-9-10-11-14(20)16-15(21)18(6)23(22,24-12(2)3)17(5)13(4)19/h12H,7-11H2,1-6H3,(H,16,20,21). The minimum atomic E-state index is -3.49. The van der Waals surface area contributed by atoms with E-state index in [0.717, 1.165) is 40.0 Å². The molecule has 1 unspecified atom stereocenters. The Kier molecular flexibility index (Phi) is 10.3. The van der Waals surface area contributed by atoms with Crippen molar-refractivity contribution >= 4 is 35.9 Å². The summed E-state index contributed by atoms with van der Waals surface area (Å²) in [5.41, 5.74) is 0. The Morgan fingerprint density at radius 3 is 2.12 bits per heavy atom. The number of urea groups is 1. The number of nitrogens with one attached hydrogen (secondary N) is 1. The number of rotatable bonds is 9. The lowest BCUT2D eigenvalue weighted by molar-refractivity contribution is -0.123. The molecule has 0 aromatic rings. The van der Waals surface area contributed by atoms with Crippen LogP contribution in [0.25, 0.3) is 0 Å². The topological polar surface area (TPSA) is 86.8 Å². The van der Waals surface area contributed by atoms with E-state index >= 15 is 0 Å². The van der Waals surface area contributed by atoms with Crippen molar-refractivity contribution in [2.24, 2.45) is 0 Å². The van der Waals surface area contributed by atoms with Crippen molar-refractivity contribution in [1.82, 2.24) is 14.7 Å². The van der Waals surface area contributed by atoms with E-state index in [-0.39, 0.29) is 11.7 Å². The van der Waals surface area contributed by atoms with Crippen molar-refractivity contribution in [3.63, 3.8) is 0 Å². The lowest BCUT2D eigenvalue weighted by atomic mass is 10.1. The molecule has 0 heterocycles. The van der Waals surface area contributed by atoms with Gasteiger partial charge in [-0.2, -0.15) is 0 Å². The van der Waals surface area contributed by atoms with E-state index in [4.69, 9.17) is 0 Å². The SMILES string of the molecule is CCCCCCC(=O)NC(=O)N(C)P(=O)(SC(C)C)N(C)C(C)=O. The Morgan fingerprint density at radius 2 is 1.67 bits per heavy atom. The Bertz CT molecular complexity index is 499. The average molecular weight is 379 g/mol. The molecule has 0 saturated carbocycles. The van der Waals surface area contributed by atoms with E-state index in [1.807, 2.05) is 13.8 Å². The van der Waals surface area contributed by atoms with Crippen LogP contribution < -0.4 is 5.32 Å². The Hall–Kier alpha value is -1.01. The molecule has 0 aromatic heterocycles. The van der Waals surface area contributed by atoms with E-state index in [9.17, 15) is 18.9 Å². The number of imide groups is 1. The number of hydrogen-bond donors (Lipinski definition) is 1. The van der Waals surface area contributed by atoms with Crippen LogP contribution >= 0.6 is 18.0 Å². The predicted molar refractivity (Wildman–Crippen MR) is 98.8 cm³/mol. The van der Waals surface area contributed by atoms with Crippen LogP contribution in [0.5, 0.6) is 0 Å². The largest absolute Gasteiger partial charge is 0.331 e. The first-order valence-corrected chi connectivity index (χ1v) is 11.3. The van der Waals surface area contributed by atoms with Gasteiger partial charge in [-0.15, -0.1) is 0 Å². The monoisotopic (exact) mass is 379 g/mol. The van der Waals surface area contributed by atoms with Gasteiger partial charge in [0.2, 0.25) is 11.8 Å². The second kappa shape index (κ2) is 10.8. The molecule has 140 valence electrons. The lowest BCUT2D eigenvalue weighted by Crippen LogP contribution is -2.41. The smallest absolute Gasteiger partial charge is 0.278 e. The van der Waals surface area contributed by atoms with Crippen molar-refractivity contribution in [3.8, 4) is 0 Å². The molecule has 1 atom stereocenters. The number of amides is 4. The van der Waals surface area contributed by atoms with E-state index in [0.29, 0.717) is 6.42 Å². The van der Waals surface area contributed by atoms with Gasteiger partial charge in [0.05, 0.1) is 0 Å². The highest BCUT2D eigenvalue weighted by Gasteiger charge is 2.39. The Morgan fingerprint density at radius 1 is 1.08 bits per heavy atom. The fourth-order valence-corrected chi connectivity index (χ4v) is 6.82. The molecule has 4 amide bonds. The average Bonchev–Trinajstić information content (AvgIpc) is 2.48. The fourth-order valence-electron chi connectivity index (χ4n) is 1.89. The van der Waals surface area contributed by atoms with Gasteiger partial charge in [0, 0.05) is 32.7 Å². The summed E-state index contributed by atoms with van der Waals surface area (Å²) >= 11 is 1.04. The first-order valence-electron chi connectivity index (χ1n) is 8.17. The quantitative estimate of drug-likeness (QED) is 0.486. The lowest BCUT2D eigenvalue weighted by Gasteiger charge is -2.34. The van der Waals surface area contributed by atoms with Crippen molar-refractivity contribution in [3.05, 3.63) is 0 Å². The molecule has 9 heteroatoms. The summed E-state index contributed by atoms with van der Waals surface area (Å²) in [5.74, 6) is -0.799. The third-order valence-electron chi connectivity index (χ3n) is 3.36. The molecule has 0 saturated heterocycles. The van der Waals surface area contributed by atoms with Gasteiger partial charge in [0.15, 0.2) is 0 Å². The van der Waals surface area contributed by atoms with Crippen LogP contribution in [0.3, 0.4) is 0 Å². The highest BCUT2D eigenvalue weighted by atomic mass is 32.7. The van der Waals surface area contributed by atoms with Gasteiger partial charge in [0.25, 0.3) is 0 Å². The number of carbonyl (C=O) groups is 3. The number of unbranched alkanes of at least 4 members (excludes halogenated alkanes) is 3. The van der Waals surface area contributed by atoms with Crippen molar-refractivity contribution in [1.29, 1.82) is 0 Å². The van der Waals surface area contributed by atoms with Crippen LogP contribution in [0.15, 0.2) is 0 Å². The van der Waals surface area contributed by atoms with E-state index < -0.39 is 24.5 Å². The normalized spacial score (nSPS) is 13.3. The molecule has 24 heavy (non-hydrogen) atoms. The van der Waals surface area contributed by atoms with Crippen molar-refractivity contribution in [2.45, 2.75) is 65.0 Å². The molecule has 0 aliphatic carbocycles. The van der Waals surface area contributed by atoms with E-state index in [1.54, 1.807) is 0 Å².